The van der Waals surface area contributed by atoms with Crippen molar-refractivity contribution in [1.29, 1.82) is 0 Å². The molecule has 0 saturated heterocycles. The lowest BCUT2D eigenvalue weighted by Gasteiger charge is -2.22. The van der Waals surface area contributed by atoms with Crippen LogP contribution in [0.3, 0.4) is 0 Å². The second kappa shape index (κ2) is 6.69. The van der Waals surface area contributed by atoms with Gasteiger partial charge in [-0.2, -0.15) is 0 Å². The molecule has 1 N–H and O–H groups in total. The fraction of sp³-hybridized carbons (Fsp3) is 0.462. The minimum atomic E-state index is -3.57. The Balaban J connectivity index is 2.85. The highest BCUT2D eigenvalue weighted by Crippen LogP contribution is 2.18. The number of carbonyl (C=O) groups excluding carboxylic acids is 1. The Bertz CT molecular complexity index is 573. The number of hydrogen-bond donors (Lipinski definition) is 1. The van der Waals surface area contributed by atoms with Gasteiger partial charge in [0.05, 0.1) is 11.9 Å². The van der Waals surface area contributed by atoms with Gasteiger partial charge < -0.3 is 5.32 Å². The third-order valence-corrected chi connectivity index (χ3v) is 3.68. The zero-order valence-electron chi connectivity index (χ0n) is 11.8. The quantitative estimate of drug-likeness (QED) is 0.866. The first-order chi connectivity index (χ1) is 9.20. The second-order valence-electron chi connectivity index (χ2n) is 4.79. The minimum Gasteiger partial charge on any atom is -0.354 e. The molecule has 0 radical (unpaired) electrons. The number of halogens is 1. The van der Waals surface area contributed by atoms with Crippen molar-refractivity contribution in [1.82, 2.24) is 5.32 Å². The Morgan fingerprint density at radius 3 is 2.55 bits per heavy atom. The predicted octanol–water partition coefficient (Wildman–Crippen LogP) is 1.51. The molecule has 0 aliphatic heterocycles. The van der Waals surface area contributed by atoms with Crippen LogP contribution in [0.5, 0.6) is 0 Å². The van der Waals surface area contributed by atoms with Crippen LogP contribution in [0, 0.1) is 5.82 Å². The lowest BCUT2D eigenvalue weighted by molar-refractivity contribution is -0.121. The molecule has 0 saturated carbocycles. The summed E-state index contributed by atoms with van der Waals surface area (Å²) in [6, 6.07) is 5.27. The maximum absolute atomic E-state index is 13.2. The molecule has 1 aromatic carbocycles. The minimum absolute atomic E-state index is 0.0108. The van der Waals surface area contributed by atoms with Gasteiger partial charge in [-0.3, -0.25) is 9.10 Å². The summed E-state index contributed by atoms with van der Waals surface area (Å²) >= 11 is 0. The Kier molecular flexibility index (Phi) is 5.50. The zero-order valence-corrected chi connectivity index (χ0v) is 12.6. The summed E-state index contributed by atoms with van der Waals surface area (Å²) in [6.07, 6.45) is 1.04. The van der Waals surface area contributed by atoms with E-state index in [-0.39, 0.29) is 30.6 Å². The van der Waals surface area contributed by atoms with E-state index in [0.717, 1.165) is 16.6 Å². The summed E-state index contributed by atoms with van der Waals surface area (Å²) in [4.78, 5) is 11.6. The Labute approximate surface area is 118 Å². The Morgan fingerprint density at radius 2 is 2.05 bits per heavy atom. The molecular weight excluding hydrogens is 283 g/mol. The number of amides is 1. The van der Waals surface area contributed by atoms with Gasteiger partial charge in [0, 0.05) is 19.0 Å². The highest BCUT2D eigenvalue weighted by molar-refractivity contribution is 7.92. The number of anilines is 1. The monoisotopic (exact) mass is 302 g/mol. The summed E-state index contributed by atoms with van der Waals surface area (Å²) in [5.41, 5.74) is 0.213. The maximum atomic E-state index is 13.2. The van der Waals surface area contributed by atoms with Gasteiger partial charge in [0.2, 0.25) is 15.9 Å². The van der Waals surface area contributed by atoms with E-state index in [1.807, 2.05) is 13.8 Å². The van der Waals surface area contributed by atoms with Crippen LogP contribution in [-0.4, -0.2) is 33.2 Å². The zero-order chi connectivity index (χ0) is 15.3. The van der Waals surface area contributed by atoms with E-state index in [1.165, 1.54) is 18.2 Å². The number of nitrogens with zero attached hydrogens (tertiary/aromatic N) is 1. The third-order valence-electron chi connectivity index (χ3n) is 2.49. The topological polar surface area (TPSA) is 66.5 Å². The number of rotatable bonds is 6. The van der Waals surface area contributed by atoms with E-state index in [4.69, 9.17) is 0 Å². The van der Waals surface area contributed by atoms with Gasteiger partial charge >= 0.3 is 0 Å². The molecule has 0 aromatic heterocycles. The molecule has 0 aliphatic rings. The predicted molar refractivity (Wildman–Crippen MR) is 76.5 cm³/mol. The van der Waals surface area contributed by atoms with Gasteiger partial charge in [-0.15, -0.1) is 0 Å². The number of nitrogens with one attached hydrogen (secondary N) is 1. The largest absolute Gasteiger partial charge is 0.354 e. The summed E-state index contributed by atoms with van der Waals surface area (Å²) < 4.78 is 37.7. The maximum Gasteiger partial charge on any atom is 0.232 e. The van der Waals surface area contributed by atoms with Crippen LogP contribution in [0.15, 0.2) is 24.3 Å². The van der Waals surface area contributed by atoms with Gasteiger partial charge in [0.1, 0.15) is 5.82 Å². The highest BCUT2D eigenvalue weighted by Gasteiger charge is 2.19. The average molecular weight is 302 g/mol. The van der Waals surface area contributed by atoms with Crippen molar-refractivity contribution in [2.45, 2.75) is 26.3 Å². The van der Waals surface area contributed by atoms with Crippen molar-refractivity contribution in [2.75, 3.05) is 17.1 Å². The molecule has 1 aromatic rings. The molecule has 1 rings (SSSR count). The molecule has 5 nitrogen and oxygen atoms in total. The fourth-order valence-electron chi connectivity index (χ4n) is 1.71. The first kappa shape index (κ1) is 16.4. The lowest BCUT2D eigenvalue weighted by atomic mass is 10.3. The molecule has 0 fully saturated rings. The number of hydrogen-bond acceptors (Lipinski definition) is 3. The molecule has 0 spiro atoms. The summed E-state index contributed by atoms with van der Waals surface area (Å²) in [7, 11) is -3.57. The van der Waals surface area contributed by atoms with E-state index in [2.05, 4.69) is 5.32 Å². The normalized spacial score (nSPS) is 11.4. The molecular formula is C13H19FN2O3S. The van der Waals surface area contributed by atoms with E-state index in [0.29, 0.717) is 0 Å². The summed E-state index contributed by atoms with van der Waals surface area (Å²) in [6.45, 7) is 3.61. The van der Waals surface area contributed by atoms with Crippen LogP contribution in [0.1, 0.15) is 20.3 Å². The smallest absolute Gasteiger partial charge is 0.232 e. The lowest BCUT2D eigenvalue weighted by Crippen LogP contribution is -2.36. The van der Waals surface area contributed by atoms with Crippen molar-refractivity contribution in [3.05, 3.63) is 30.1 Å². The molecule has 20 heavy (non-hydrogen) atoms. The first-order valence-corrected chi connectivity index (χ1v) is 8.07. The van der Waals surface area contributed by atoms with Gasteiger partial charge in [-0.25, -0.2) is 12.8 Å². The van der Waals surface area contributed by atoms with Crippen LogP contribution >= 0.6 is 0 Å². The van der Waals surface area contributed by atoms with E-state index in [1.54, 1.807) is 0 Å². The molecule has 7 heteroatoms. The van der Waals surface area contributed by atoms with Gasteiger partial charge in [-0.1, -0.05) is 6.07 Å². The van der Waals surface area contributed by atoms with Crippen LogP contribution in [0.25, 0.3) is 0 Å². The van der Waals surface area contributed by atoms with Crippen molar-refractivity contribution >= 4 is 21.6 Å². The third kappa shape index (κ3) is 5.16. The standard InChI is InChI=1S/C13H19FN2O3S/c1-10(2)15-13(17)7-8-16(20(3,18)19)12-6-4-5-11(14)9-12/h4-6,9-10H,7-8H2,1-3H3,(H,15,17). The number of benzene rings is 1. The van der Waals surface area contributed by atoms with Gasteiger partial charge in [0.25, 0.3) is 0 Å². The van der Waals surface area contributed by atoms with Gasteiger partial charge in [-0.05, 0) is 32.0 Å². The van der Waals surface area contributed by atoms with Crippen LogP contribution in [0.4, 0.5) is 10.1 Å². The fourth-order valence-corrected chi connectivity index (χ4v) is 2.63. The SMILES string of the molecule is CC(C)NC(=O)CCN(c1cccc(F)c1)S(C)(=O)=O. The molecule has 0 atom stereocenters. The van der Waals surface area contributed by atoms with Crippen molar-refractivity contribution in [3.8, 4) is 0 Å². The van der Waals surface area contributed by atoms with Gasteiger partial charge in [0.15, 0.2) is 0 Å². The molecule has 0 aliphatic carbocycles. The van der Waals surface area contributed by atoms with Crippen molar-refractivity contribution < 1.29 is 17.6 Å². The molecule has 1 amide bonds. The van der Waals surface area contributed by atoms with Crippen molar-refractivity contribution in [3.63, 3.8) is 0 Å². The molecule has 0 unspecified atom stereocenters. The number of sulfonamides is 1. The summed E-state index contributed by atoms with van der Waals surface area (Å²) in [5, 5.41) is 2.68. The van der Waals surface area contributed by atoms with Crippen LogP contribution in [0.2, 0.25) is 0 Å². The molecule has 112 valence electrons. The molecule has 0 bridgehead atoms. The Hall–Kier alpha value is -1.63. The molecule has 0 heterocycles. The number of carbonyl (C=O) groups is 1. The van der Waals surface area contributed by atoms with E-state index >= 15 is 0 Å². The van der Waals surface area contributed by atoms with E-state index < -0.39 is 15.8 Å². The van der Waals surface area contributed by atoms with Crippen LogP contribution < -0.4 is 9.62 Å². The summed E-state index contributed by atoms with van der Waals surface area (Å²) in [5.74, 6) is -0.771. The van der Waals surface area contributed by atoms with E-state index in [9.17, 15) is 17.6 Å². The average Bonchev–Trinajstić information content (AvgIpc) is 2.26. The van der Waals surface area contributed by atoms with Crippen molar-refractivity contribution in [2.24, 2.45) is 0 Å². The van der Waals surface area contributed by atoms with Crippen LogP contribution in [-0.2, 0) is 14.8 Å². The highest BCUT2D eigenvalue weighted by atomic mass is 32.2. The Morgan fingerprint density at radius 1 is 1.40 bits per heavy atom. The first-order valence-electron chi connectivity index (χ1n) is 6.23. The second-order valence-corrected chi connectivity index (χ2v) is 6.69.